The van der Waals surface area contributed by atoms with Crippen molar-refractivity contribution in [2.45, 2.75) is 34.1 Å². The molecule has 0 bridgehead atoms. The van der Waals surface area contributed by atoms with Gasteiger partial charge in [-0.3, -0.25) is 4.79 Å². The van der Waals surface area contributed by atoms with E-state index in [9.17, 15) is 4.79 Å². The highest BCUT2D eigenvalue weighted by molar-refractivity contribution is 5.96. The number of carbonyl (C=O) groups excluding carboxylic acids is 1. The molecule has 13 heavy (non-hydrogen) atoms. The number of hydrogen-bond acceptors (Lipinski definition) is 1. The molecular weight excluding hydrogens is 160 g/mol. The molecule has 0 aromatic heterocycles. The molecule has 0 fully saturated rings. The van der Waals surface area contributed by atoms with Gasteiger partial charge in [-0.25, -0.2) is 0 Å². The van der Waals surface area contributed by atoms with E-state index >= 15 is 0 Å². The average Bonchev–Trinajstić information content (AvgIpc) is 2.11. The second kappa shape index (κ2) is 6.41. The van der Waals surface area contributed by atoms with E-state index in [1.54, 1.807) is 6.92 Å². The highest BCUT2D eigenvalue weighted by atomic mass is 16.1. The molecule has 1 heteroatoms. The lowest BCUT2D eigenvalue weighted by Crippen LogP contribution is -1.92. The van der Waals surface area contributed by atoms with Crippen molar-refractivity contribution >= 4 is 5.78 Å². The Hall–Kier alpha value is -1.11. The third-order valence-corrected chi connectivity index (χ3v) is 1.86. The van der Waals surface area contributed by atoms with Crippen LogP contribution in [-0.2, 0) is 4.79 Å². The molecule has 0 unspecified atom stereocenters. The second-order valence-corrected chi connectivity index (χ2v) is 3.04. The first-order chi connectivity index (χ1) is 6.11. The van der Waals surface area contributed by atoms with E-state index in [0.717, 1.165) is 12.0 Å². The lowest BCUT2D eigenvalue weighted by Gasteiger charge is -1.94. The number of ketones is 1. The van der Waals surface area contributed by atoms with Crippen LogP contribution in [0.15, 0.2) is 35.5 Å². The summed E-state index contributed by atoms with van der Waals surface area (Å²) in [6, 6.07) is 0. The van der Waals surface area contributed by atoms with Gasteiger partial charge in [-0.2, -0.15) is 0 Å². The first-order valence-corrected chi connectivity index (χ1v) is 4.62. The quantitative estimate of drug-likeness (QED) is 0.476. The molecule has 0 aromatic carbocycles. The number of allylic oxidation sites excluding steroid dienone is 6. The monoisotopic (exact) mass is 178 g/mol. The Labute approximate surface area is 80.8 Å². The van der Waals surface area contributed by atoms with Crippen LogP contribution in [0.25, 0.3) is 0 Å². The van der Waals surface area contributed by atoms with Crippen LogP contribution in [0.5, 0.6) is 0 Å². The van der Waals surface area contributed by atoms with Gasteiger partial charge >= 0.3 is 0 Å². The fourth-order valence-electron chi connectivity index (χ4n) is 0.820. The Morgan fingerprint density at radius 3 is 2.23 bits per heavy atom. The van der Waals surface area contributed by atoms with Crippen LogP contribution in [0.3, 0.4) is 0 Å². The molecule has 0 heterocycles. The fraction of sp³-hybridized carbons (Fsp3) is 0.417. The fourth-order valence-corrected chi connectivity index (χ4v) is 0.820. The van der Waals surface area contributed by atoms with Gasteiger partial charge in [0.1, 0.15) is 0 Å². The summed E-state index contributed by atoms with van der Waals surface area (Å²) in [5, 5.41) is 0. The lowest BCUT2D eigenvalue weighted by atomic mass is 10.1. The Morgan fingerprint density at radius 1 is 1.23 bits per heavy atom. The van der Waals surface area contributed by atoms with Crippen LogP contribution in [0.4, 0.5) is 0 Å². The first-order valence-electron chi connectivity index (χ1n) is 4.62. The zero-order chi connectivity index (χ0) is 10.3. The summed E-state index contributed by atoms with van der Waals surface area (Å²) in [6.45, 7) is 7.65. The van der Waals surface area contributed by atoms with Crippen molar-refractivity contribution in [1.29, 1.82) is 0 Å². The zero-order valence-corrected chi connectivity index (χ0v) is 8.92. The van der Waals surface area contributed by atoms with Crippen LogP contribution in [0.2, 0.25) is 0 Å². The number of rotatable bonds is 4. The van der Waals surface area contributed by atoms with Crippen molar-refractivity contribution in [3.63, 3.8) is 0 Å². The molecule has 0 saturated heterocycles. The molecule has 1 nitrogen and oxygen atoms in total. The number of hydrogen-bond donors (Lipinski definition) is 0. The van der Waals surface area contributed by atoms with Gasteiger partial charge in [-0.05, 0) is 27.2 Å². The minimum atomic E-state index is 0.109. The highest BCUT2D eigenvalue weighted by Crippen LogP contribution is 2.03. The molecule has 0 radical (unpaired) electrons. The van der Waals surface area contributed by atoms with E-state index in [0.29, 0.717) is 0 Å². The number of carbonyl (C=O) groups is 1. The minimum Gasteiger partial charge on any atom is -0.295 e. The highest BCUT2D eigenvalue weighted by Gasteiger charge is 1.95. The molecule has 0 spiro atoms. The maximum Gasteiger partial charge on any atom is 0.159 e. The summed E-state index contributed by atoms with van der Waals surface area (Å²) in [5.41, 5.74) is 2.04. The Kier molecular flexibility index (Phi) is 5.86. The van der Waals surface area contributed by atoms with Crippen LogP contribution in [0.1, 0.15) is 34.1 Å². The van der Waals surface area contributed by atoms with Gasteiger partial charge in [0.15, 0.2) is 5.78 Å². The van der Waals surface area contributed by atoms with E-state index in [2.05, 4.69) is 13.8 Å². The van der Waals surface area contributed by atoms with Gasteiger partial charge in [0, 0.05) is 5.57 Å². The molecule has 0 rings (SSSR count). The summed E-state index contributed by atoms with van der Waals surface area (Å²) >= 11 is 0. The Bertz CT molecular complexity index is 254. The topological polar surface area (TPSA) is 17.1 Å². The minimum absolute atomic E-state index is 0.109. The van der Waals surface area contributed by atoms with Crippen molar-refractivity contribution in [2.24, 2.45) is 0 Å². The van der Waals surface area contributed by atoms with Crippen molar-refractivity contribution in [1.82, 2.24) is 0 Å². The van der Waals surface area contributed by atoms with Crippen molar-refractivity contribution in [3.8, 4) is 0 Å². The van der Waals surface area contributed by atoms with Gasteiger partial charge in [0.2, 0.25) is 0 Å². The van der Waals surface area contributed by atoms with Crippen LogP contribution < -0.4 is 0 Å². The lowest BCUT2D eigenvalue weighted by molar-refractivity contribution is -0.113. The summed E-state index contributed by atoms with van der Waals surface area (Å²) in [4.78, 5) is 11.1. The molecular formula is C12H18O. The average molecular weight is 178 g/mol. The summed E-state index contributed by atoms with van der Waals surface area (Å²) in [7, 11) is 0. The number of Topliss-reactive ketones (excluding diaryl/α,β-unsaturated/α-hetero) is 1. The van der Waals surface area contributed by atoms with Gasteiger partial charge in [0.05, 0.1) is 0 Å². The van der Waals surface area contributed by atoms with Gasteiger partial charge in [0.25, 0.3) is 0 Å². The maximum atomic E-state index is 11.1. The van der Waals surface area contributed by atoms with E-state index in [-0.39, 0.29) is 5.78 Å². The van der Waals surface area contributed by atoms with Crippen LogP contribution in [-0.4, -0.2) is 5.78 Å². The summed E-state index contributed by atoms with van der Waals surface area (Å²) in [6.07, 6.45) is 8.61. The standard InChI is InChI=1S/C12H18O/c1-5-7-12(11(4)13)9-8-10(3)6-2/h5,7-9H,6H2,1-4H3. The summed E-state index contributed by atoms with van der Waals surface area (Å²) < 4.78 is 0. The molecule has 0 saturated carbocycles. The van der Waals surface area contributed by atoms with Gasteiger partial charge in [-0.15, -0.1) is 0 Å². The molecule has 0 amide bonds. The second-order valence-electron chi connectivity index (χ2n) is 3.04. The smallest absolute Gasteiger partial charge is 0.159 e. The molecule has 0 aliphatic carbocycles. The van der Waals surface area contributed by atoms with Gasteiger partial charge < -0.3 is 0 Å². The van der Waals surface area contributed by atoms with Gasteiger partial charge in [-0.1, -0.05) is 36.8 Å². The third-order valence-electron chi connectivity index (χ3n) is 1.86. The predicted molar refractivity (Wildman–Crippen MR) is 57.6 cm³/mol. The third kappa shape index (κ3) is 5.18. The Balaban J connectivity index is 4.64. The molecule has 0 atom stereocenters. The molecule has 0 N–H and O–H groups in total. The van der Waals surface area contributed by atoms with Crippen molar-refractivity contribution in [2.75, 3.05) is 0 Å². The summed E-state index contributed by atoms with van der Waals surface area (Å²) in [5.74, 6) is 0.109. The predicted octanol–water partition coefficient (Wildman–Crippen LogP) is 3.43. The van der Waals surface area contributed by atoms with Crippen molar-refractivity contribution < 1.29 is 4.79 Å². The molecule has 0 aliphatic heterocycles. The Morgan fingerprint density at radius 2 is 1.85 bits per heavy atom. The van der Waals surface area contributed by atoms with E-state index in [1.807, 2.05) is 31.2 Å². The van der Waals surface area contributed by atoms with Crippen LogP contribution >= 0.6 is 0 Å². The maximum absolute atomic E-state index is 11.1. The molecule has 0 aliphatic rings. The van der Waals surface area contributed by atoms with E-state index in [1.165, 1.54) is 5.57 Å². The molecule has 72 valence electrons. The normalized spacial score (nSPS) is 13.8. The zero-order valence-electron chi connectivity index (χ0n) is 8.92. The SMILES string of the molecule is CC=CC(=CC=C(C)CC)C(C)=O. The van der Waals surface area contributed by atoms with Crippen molar-refractivity contribution in [3.05, 3.63) is 35.5 Å². The van der Waals surface area contributed by atoms with E-state index < -0.39 is 0 Å². The largest absolute Gasteiger partial charge is 0.295 e. The van der Waals surface area contributed by atoms with Crippen LogP contribution in [0, 0.1) is 0 Å². The first kappa shape index (κ1) is 11.9. The molecule has 0 aromatic rings. The van der Waals surface area contributed by atoms with E-state index in [4.69, 9.17) is 0 Å².